The van der Waals surface area contributed by atoms with Crippen molar-refractivity contribution < 1.29 is 13.2 Å². The van der Waals surface area contributed by atoms with Crippen molar-refractivity contribution >= 4 is 15.9 Å². The molecule has 1 aromatic carbocycles. The number of hydrogen-bond acceptors (Lipinski definition) is 4. The Balaban J connectivity index is 2.09. The standard InChI is InChI=1S/C13H15NO3S/c1-18(16,17)9-6-11-2-4-12(5-3-11)13(7-8-13)14-10-15/h2-5H,6-9H2,1H3. The van der Waals surface area contributed by atoms with Crippen molar-refractivity contribution in [2.24, 2.45) is 4.99 Å². The summed E-state index contributed by atoms with van der Waals surface area (Å²) < 4.78 is 22.1. The lowest BCUT2D eigenvalue weighted by Crippen LogP contribution is -2.06. The van der Waals surface area contributed by atoms with Gasteiger partial charge in [-0.1, -0.05) is 24.3 Å². The highest BCUT2D eigenvalue weighted by Gasteiger charge is 2.44. The van der Waals surface area contributed by atoms with E-state index >= 15 is 0 Å². The first kappa shape index (κ1) is 13.0. The maximum absolute atomic E-state index is 11.1. The van der Waals surface area contributed by atoms with Gasteiger partial charge >= 0.3 is 0 Å². The lowest BCUT2D eigenvalue weighted by molar-refractivity contribution is 0.556. The van der Waals surface area contributed by atoms with E-state index in [-0.39, 0.29) is 11.3 Å². The van der Waals surface area contributed by atoms with E-state index in [1.165, 1.54) is 6.26 Å². The van der Waals surface area contributed by atoms with Crippen LogP contribution in [0.3, 0.4) is 0 Å². The van der Waals surface area contributed by atoms with E-state index in [0.717, 1.165) is 24.0 Å². The Labute approximate surface area is 107 Å². The second kappa shape index (κ2) is 4.67. The van der Waals surface area contributed by atoms with Crippen LogP contribution in [0.2, 0.25) is 0 Å². The summed E-state index contributed by atoms with van der Waals surface area (Å²) in [5.41, 5.74) is 1.64. The minimum atomic E-state index is -2.93. The van der Waals surface area contributed by atoms with Crippen molar-refractivity contribution in [3.05, 3.63) is 35.4 Å². The van der Waals surface area contributed by atoms with Gasteiger partial charge in [0.1, 0.15) is 9.84 Å². The van der Waals surface area contributed by atoms with E-state index in [1.54, 1.807) is 6.08 Å². The summed E-state index contributed by atoms with van der Waals surface area (Å²) in [6.45, 7) is 0. The molecule has 1 aliphatic rings. The van der Waals surface area contributed by atoms with Crippen LogP contribution in [-0.4, -0.2) is 26.5 Å². The number of sulfone groups is 1. The zero-order chi connectivity index (χ0) is 13.2. The smallest absolute Gasteiger partial charge is 0.229 e. The van der Waals surface area contributed by atoms with Crippen LogP contribution < -0.4 is 0 Å². The number of isocyanates is 1. The second-order valence-electron chi connectivity index (χ2n) is 4.81. The lowest BCUT2D eigenvalue weighted by atomic mass is 10.0. The molecule has 1 aromatic rings. The van der Waals surface area contributed by atoms with Crippen LogP contribution in [0.4, 0.5) is 0 Å². The van der Waals surface area contributed by atoms with Gasteiger partial charge in [0.2, 0.25) is 6.08 Å². The summed E-state index contributed by atoms with van der Waals surface area (Å²) >= 11 is 0. The Kier molecular flexibility index (Phi) is 3.37. The third-order valence-corrected chi connectivity index (χ3v) is 4.18. The fourth-order valence-electron chi connectivity index (χ4n) is 1.96. The summed E-state index contributed by atoms with van der Waals surface area (Å²) in [5, 5.41) is 0. The summed E-state index contributed by atoms with van der Waals surface area (Å²) in [7, 11) is -2.93. The molecule has 1 saturated carbocycles. The predicted molar refractivity (Wildman–Crippen MR) is 68.9 cm³/mol. The van der Waals surface area contributed by atoms with Crippen molar-refractivity contribution in [2.75, 3.05) is 12.0 Å². The molecule has 5 heteroatoms. The highest BCUT2D eigenvalue weighted by molar-refractivity contribution is 7.90. The number of hydrogen-bond donors (Lipinski definition) is 0. The largest absolute Gasteiger partial charge is 0.235 e. The molecule has 0 N–H and O–H groups in total. The van der Waals surface area contributed by atoms with Gasteiger partial charge in [-0.15, -0.1) is 0 Å². The molecule has 0 aliphatic heterocycles. The molecule has 1 fully saturated rings. The molecular formula is C13H15NO3S. The summed E-state index contributed by atoms with van der Waals surface area (Å²) in [4.78, 5) is 14.2. The number of carbonyl (C=O) groups excluding carboxylic acids is 1. The van der Waals surface area contributed by atoms with Crippen LogP contribution in [0.1, 0.15) is 24.0 Å². The van der Waals surface area contributed by atoms with E-state index in [9.17, 15) is 13.2 Å². The van der Waals surface area contributed by atoms with Gasteiger partial charge in [-0.05, 0) is 30.4 Å². The summed E-state index contributed by atoms with van der Waals surface area (Å²) in [6.07, 6.45) is 5.14. The number of aliphatic imine (C=N–C) groups is 1. The second-order valence-corrected chi connectivity index (χ2v) is 7.07. The Bertz CT molecular complexity index is 579. The highest BCUT2D eigenvalue weighted by Crippen LogP contribution is 2.49. The van der Waals surface area contributed by atoms with Crippen LogP contribution in [-0.2, 0) is 26.6 Å². The highest BCUT2D eigenvalue weighted by atomic mass is 32.2. The topological polar surface area (TPSA) is 63.6 Å². The molecular weight excluding hydrogens is 250 g/mol. The van der Waals surface area contributed by atoms with Crippen LogP contribution in [0.5, 0.6) is 0 Å². The fourth-order valence-corrected chi connectivity index (χ4v) is 2.56. The monoisotopic (exact) mass is 265 g/mol. The van der Waals surface area contributed by atoms with Gasteiger partial charge in [0.25, 0.3) is 0 Å². The van der Waals surface area contributed by atoms with Crippen molar-refractivity contribution in [2.45, 2.75) is 24.8 Å². The molecule has 18 heavy (non-hydrogen) atoms. The van der Waals surface area contributed by atoms with Gasteiger partial charge in [0, 0.05) is 6.26 Å². The van der Waals surface area contributed by atoms with Gasteiger partial charge in [-0.25, -0.2) is 13.2 Å². The fraction of sp³-hybridized carbons (Fsp3) is 0.462. The van der Waals surface area contributed by atoms with Crippen molar-refractivity contribution in [1.82, 2.24) is 0 Å². The predicted octanol–water partition coefficient (Wildman–Crippen LogP) is 1.60. The minimum Gasteiger partial charge on any atom is -0.229 e. The third-order valence-electron chi connectivity index (χ3n) is 3.24. The molecule has 4 nitrogen and oxygen atoms in total. The molecule has 0 spiro atoms. The van der Waals surface area contributed by atoms with E-state index < -0.39 is 9.84 Å². The molecule has 0 bridgehead atoms. The molecule has 1 aliphatic carbocycles. The van der Waals surface area contributed by atoms with Crippen LogP contribution in [0.25, 0.3) is 0 Å². The Morgan fingerprint density at radius 1 is 1.28 bits per heavy atom. The first-order valence-electron chi connectivity index (χ1n) is 5.81. The molecule has 0 aromatic heterocycles. The number of benzene rings is 1. The van der Waals surface area contributed by atoms with Crippen LogP contribution in [0, 0.1) is 0 Å². The summed E-state index contributed by atoms with van der Waals surface area (Å²) in [6, 6.07) is 7.65. The zero-order valence-electron chi connectivity index (χ0n) is 10.2. The zero-order valence-corrected chi connectivity index (χ0v) is 11.0. The first-order valence-corrected chi connectivity index (χ1v) is 7.87. The molecule has 0 saturated heterocycles. The maximum Gasteiger partial charge on any atom is 0.235 e. The van der Waals surface area contributed by atoms with Gasteiger partial charge in [-0.3, -0.25) is 0 Å². The minimum absolute atomic E-state index is 0.157. The quantitative estimate of drug-likeness (QED) is 0.600. The van der Waals surface area contributed by atoms with Crippen molar-refractivity contribution in [1.29, 1.82) is 0 Å². The van der Waals surface area contributed by atoms with E-state index in [2.05, 4.69) is 4.99 Å². The van der Waals surface area contributed by atoms with Crippen molar-refractivity contribution in [3.8, 4) is 0 Å². The molecule has 0 heterocycles. The van der Waals surface area contributed by atoms with Gasteiger partial charge in [-0.2, -0.15) is 4.99 Å². The maximum atomic E-state index is 11.1. The molecule has 0 unspecified atom stereocenters. The van der Waals surface area contributed by atoms with Crippen LogP contribution in [0.15, 0.2) is 29.3 Å². The molecule has 96 valence electrons. The number of aryl methyl sites for hydroxylation is 1. The van der Waals surface area contributed by atoms with E-state index in [1.807, 2.05) is 24.3 Å². The molecule has 0 amide bonds. The Morgan fingerprint density at radius 3 is 2.33 bits per heavy atom. The Morgan fingerprint density at radius 2 is 1.89 bits per heavy atom. The molecule has 0 radical (unpaired) electrons. The van der Waals surface area contributed by atoms with Crippen LogP contribution >= 0.6 is 0 Å². The molecule has 0 atom stereocenters. The molecule has 2 rings (SSSR count). The lowest BCUT2D eigenvalue weighted by Gasteiger charge is -2.08. The number of rotatable bonds is 5. The van der Waals surface area contributed by atoms with Gasteiger partial charge in [0.05, 0.1) is 11.3 Å². The van der Waals surface area contributed by atoms with Crippen molar-refractivity contribution in [3.63, 3.8) is 0 Å². The van der Waals surface area contributed by atoms with Gasteiger partial charge in [0.15, 0.2) is 0 Å². The summed E-state index contributed by atoms with van der Waals surface area (Å²) in [5.74, 6) is 0.157. The Hall–Kier alpha value is -1.45. The third kappa shape index (κ3) is 3.06. The first-order chi connectivity index (χ1) is 8.45. The normalized spacial score (nSPS) is 16.9. The van der Waals surface area contributed by atoms with E-state index in [0.29, 0.717) is 6.42 Å². The van der Waals surface area contributed by atoms with E-state index in [4.69, 9.17) is 0 Å². The van der Waals surface area contributed by atoms with Gasteiger partial charge < -0.3 is 0 Å². The SMILES string of the molecule is CS(=O)(=O)CCc1ccc(C2(N=C=O)CC2)cc1. The number of nitrogens with zero attached hydrogens (tertiary/aromatic N) is 1. The average molecular weight is 265 g/mol. The average Bonchev–Trinajstić information content (AvgIpc) is 3.08.